The van der Waals surface area contributed by atoms with Crippen molar-refractivity contribution in [2.24, 2.45) is 0 Å². The quantitative estimate of drug-likeness (QED) is 0.345. The molecule has 1 aliphatic heterocycles. The van der Waals surface area contributed by atoms with Gasteiger partial charge in [0.25, 0.3) is 5.91 Å². The molecule has 190 valence electrons. The van der Waals surface area contributed by atoms with E-state index in [0.29, 0.717) is 17.8 Å². The van der Waals surface area contributed by atoms with Gasteiger partial charge in [0, 0.05) is 42.1 Å². The average molecular weight is 498 g/mol. The Bertz CT molecular complexity index is 1350. The second-order valence-electron chi connectivity index (χ2n) is 9.11. The monoisotopic (exact) mass is 497 g/mol. The zero-order chi connectivity index (χ0) is 25.5. The molecule has 2 aromatic carbocycles. The molecule has 1 fully saturated rings. The number of morpholine rings is 1. The molecule has 8 nitrogen and oxygen atoms in total. The van der Waals surface area contributed by atoms with Crippen LogP contribution in [0.4, 0.5) is 5.69 Å². The SMILES string of the molecule is O=C(Cc1c(-c2ccccc2)ccc2cncn12)Nc1ccc(C(=O)NCCCN2CCOCC2)cc1. The van der Waals surface area contributed by atoms with Crippen molar-refractivity contribution < 1.29 is 14.3 Å². The minimum absolute atomic E-state index is 0.112. The van der Waals surface area contributed by atoms with E-state index in [4.69, 9.17) is 4.74 Å². The summed E-state index contributed by atoms with van der Waals surface area (Å²) >= 11 is 0. The number of hydrogen-bond acceptors (Lipinski definition) is 5. The van der Waals surface area contributed by atoms with Crippen LogP contribution in [0, 0.1) is 0 Å². The molecule has 2 aromatic heterocycles. The number of hydrogen-bond donors (Lipinski definition) is 2. The Balaban J connectivity index is 1.18. The Morgan fingerprint density at radius 3 is 2.51 bits per heavy atom. The number of anilines is 1. The number of nitrogens with one attached hydrogen (secondary N) is 2. The van der Waals surface area contributed by atoms with Gasteiger partial charge in [-0.1, -0.05) is 36.4 Å². The fourth-order valence-electron chi connectivity index (χ4n) is 4.60. The van der Waals surface area contributed by atoms with E-state index < -0.39 is 0 Å². The highest BCUT2D eigenvalue weighted by Gasteiger charge is 2.15. The van der Waals surface area contributed by atoms with E-state index in [1.807, 2.05) is 46.9 Å². The lowest BCUT2D eigenvalue weighted by molar-refractivity contribution is -0.115. The van der Waals surface area contributed by atoms with E-state index >= 15 is 0 Å². The molecule has 0 radical (unpaired) electrons. The molecule has 0 bridgehead atoms. The van der Waals surface area contributed by atoms with Crippen molar-refractivity contribution >= 4 is 23.0 Å². The summed E-state index contributed by atoms with van der Waals surface area (Å²) < 4.78 is 7.31. The van der Waals surface area contributed by atoms with Crippen LogP contribution >= 0.6 is 0 Å². The van der Waals surface area contributed by atoms with Crippen LogP contribution in [0.3, 0.4) is 0 Å². The number of fused-ring (bicyclic) bond motifs is 1. The summed E-state index contributed by atoms with van der Waals surface area (Å²) in [6.45, 7) is 5.04. The summed E-state index contributed by atoms with van der Waals surface area (Å²) in [6.07, 6.45) is 4.60. The number of aromatic nitrogens is 2. The van der Waals surface area contributed by atoms with Gasteiger partial charge in [0.2, 0.25) is 5.91 Å². The molecule has 37 heavy (non-hydrogen) atoms. The Labute approximate surface area is 216 Å². The van der Waals surface area contributed by atoms with E-state index in [9.17, 15) is 9.59 Å². The van der Waals surface area contributed by atoms with Crippen molar-refractivity contribution in [2.45, 2.75) is 12.8 Å². The van der Waals surface area contributed by atoms with E-state index in [-0.39, 0.29) is 18.2 Å². The van der Waals surface area contributed by atoms with E-state index in [2.05, 4.69) is 20.5 Å². The molecule has 0 spiro atoms. The van der Waals surface area contributed by atoms with Gasteiger partial charge in [-0.3, -0.25) is 14.5 Å². The highest BCUT2D eigenvalue weighted by molar-refractivity contribution is 5.96. The third-order valence-electron chi connectivity index (χ3n) is 6.57. The van der Waals surface area contributed by atoms with Crippen LogP contribution < -0.4 is 10.6 Å². The molecular formula is C29H31N5O3. The maximum Gasteiger partial charge on any atom is 0.251 e. The first-order valence-corrected chi connectivity index (χ1v) is 12.6. The lowest BCUT2D eigenvalue weighted by atomic mass is 10.0. The maximum atomic E-state index is 13.0. The highest BCUT2D eigenvalue weighted by atomic mass is 16.5. The lowest BCUT2D eigenvalue weighted by Gasteiger charge is -2.26. The van der Waals surface area contributed by atoms with Gasteiger partial charge in [0.05, 0.1) is 37.7 Å². The third-order valence-corrected chi connectivity index (χ3v) is 6.57. The molecule has 3 heterocycles. The number of amides is 2. The molecule has 4 aromatic rings. The van der Waals surface area contributed by atoms with Crippen molar-refractivity contribution in [1.82, 2.24) is 19.6 Å². The molecular weight excluding hydrogens is 466 g/mol. The van der Waals surface area contributed by atoms with E-state index in [0.717, 1.165) is 61.6 Å². The summed E-state index contributed by atoms with van der Waals surface area (Å²) in [5.74, 6) is -0.252. The predicted molar refractivity (Wildman–Crippen MR) is 144 cm³/mol. The van der Waals surface area contributed by atoms with Gasteiger partial charge in [-0.05, 0) is 48.9 Å². The topological polar surface area (TPSA) is 88.0 Å². The second-order valence-corrected chi connectivity index (χ2v) is 9.11. The van der Waals surface area contributed by atoms with Crippen LogP contribution in [-0.4, -0.2) is 65.5 Å². The number of ether oxygens (including phenoxy) is 1. The van der Waals surface area contributed by atoms with Crippen LogP contribution in [0.1, 0.15) is 22.5 Å². The van der Waals surface area contributed by atoms with Crippen LogP contribution in [-0.2, 0) is 16.0 Å². The smallest absolute Gasteiger partial charge is 0.251 e. The fourth-order valence-corrected chi connectivity index (χ4v) is 4.60. The molecule has 1 aliphatic rings. The van der Waals surface area contributed by atoms with Gasteiger partial charge in [-0.25, -0.2) is 4.98 Å². The Hall–Kier alpha value is -4.01. The van der Waals surface area contributed by atoms with Crippen LogP contribution in [0.25, 0.3) is 16.6 Å². The zero-order valence-electron chi connectivity index (χ0n) is 20.7. The molecule has 8 heteroatoms. The molecule has 5 rings (SSSR count). The minimum atomic E-state index is -0.140. The van der Waals surface area contributed by atoms with Crippen molar-refractivity contribution in [3.63, 3.8) is 0 Å². The van der Waals surface area contributed by atoms with Gasteiger partial charge in [0.15, 0.2) is 0 Å². The van der Waals surface area contributed by atoms with Crippen molar-refractivity contribution in [3.05, 3.63) is 90.5 Å². The fraction of sp³-hybridized carbons (Fsp3) is 0.276. The lowest BCUT2D eigenvalue weighted by Crippen LogP contribution is -2.38. The Morgan fingerprint density at radius 1 is 0.946 bits per heavy atom. The number of benzene rings is 2. The highest BCUT2D eigenvalue weighted by Crippen LogP contribution is 2.26. The van der Waals surface area contributed by atoms with Crippen LogP contribution in [0.2, 0.25) is 0 Å². The predicted octanol–water partition coefficient (Wildman–Crippen LogP) is 3.63. The maximum absolute atomic E-state index is 13.0. The third kappa shape index (κ3) is 6.22. The standard InChI is InChI=1S/C29H31N5O3/c35-28(19-27-26(22-5-2-1-3-6-22)12-11-25-20-30-21-34(25)27)32-24-9-7-23(8-10-24)29(36)31-13-4-14-33-15-17-37-18-16-33/h1-3,5-12,20-21H,4,13-19H2,(H,31,36)(H,32,35). The Kier molecular flexibility index (Phi) is 7.88. The first-order valence-electron chi connectivity index (χ1n) is 12.6. The van der Waals surface area contributed by atoms with Gasteiger partial charge in [-0.15, -0.1) is 0 Å². The summed E-state index contributed by atoms with van der Waals surface area (Å²) in [5, 5.41) is 5.94. The molecule has 1 saturated heterocycles. The van der Waals surface area contributed by atoms with Gasteiger partial charge < -0.3 is 19.8 Å². The zero-order valence-corrected chi connectivity index (χ0v) is 20.7. The first-order chi connectivity index (χ1) is 18.2. The summed E-state index contributed by atoms with van der Waals surface area (Å²) in [4.78, 5) is 32.1. The minimum Gasteiger partial charge on any atom is -0.379 e. The molecule has 0 unspecified atom stereocenters. The number of rotatable bonds is 9. The van der Waals surface area contributed by atoms with Gasteiger partial charge in [0.1, 0.15) is 0 Å². The first kappa shape index (κ1) is 24.7. The number of carbonyl (C=O) groups excluding carboxylic acids is 2. The summed E-state index contributed by atoms with van der Waals surface area (Å²) in [7, 11) is 0. The molecule has 0 aliphatic carbocycles. The van der Waals surface area contributed by atoms with Gasteiger partial charge >= 0.3 is 0 Å². The molecule has 0 saturated carbocycles. The molecule has 2 amide bonds. The number of carbonyl (C=O) groups is 2. The second kappa shape index (κ2) is 11.8. The van der Waals surface area contributed by atoms with Crippen molar-refractivity contribution in [2.75, 3.05) is 44.7 Å². The number of imidazole rings is 1. The largest absolute Gasteiger partial charge is 0.379 e. The van der Waals surface area contributed by atoms with E-state index in [1.165, 1.54) is 0 Å². The van der Waals surface area contributed by atoms with Crippen molar-refractivity contribution in [1.29, 1.82) is 0 Å². The molecule has 0 atom stereocenters. The molecule has 2 N–H and O–H groups in total. The normalized spacial score (nSPS) is 13.9. The number of pyridine rings is 1. The van der Waals surface area contributed by atoms with Crippen molar-refractivity contribution in [3.8, 4) is 11.1 Å². The van der Waals surface area contributed by atoms with Crippen LogP contribution in [0.5, 0.6) is 0 Å². The summed E-state index contributed by atoms with van der Waals surface area (Å²) in [6, 6.07) is 21.0. The van der Waals surface area contributed by atoms with Gasteiger partial charge in [-0.2, -0.15) is 0 Å². The summed E-state index contributed by atoms with van der Waals surface area (Å²) in [5.41, 5.74) is 5.05. The van der Waals surface area contributed by atoms with Crippen LogP contribution in [0.15, 0.2) is 79.3 Å². The number of nitrogens with zero attached hydrogens (tertiary/aromatic N) is 3. The Morgan fingerprint density at radius 2 is 1.73 bits per heavy atom. The average Bonchev–Trinajstić information content (AvgIpc) is 3.42. The van der Waals surface area contributed by atoms with E-state index in [1.54, 1.807) is 36.8 Å².